The van der Waals surface area contributed by atoms with Crippen molar-refractivity contribution >= 4 is 23.0 Å². The molecule has 0 spiro atoms. The third-order valence-corrected chi connectivity index (χ3v) is 5.95. The van der Waals surface area contributed by atoms with Gasteiger partial charge in [-0.15, -0.1) is 0 Å². The smallest absolute Gasteiger partial charge is 0.174 e. The van der Waals surface area contributed by atoms with Crippen LogP contribution in [-0.4, -0.2) is 14.7 Å². The van der Waals surface area contributed by atoms with Crippen LogP contribution >= 0.6 is 12.2 Å². The van der Waals surface area contributed by atoms with Crippen molar-refractivity contribution in [3.63, 3.8) is 0 Å². The van der Waals surface area contributed by atoms with E-state index in [0.29, 0.717) is 10.7 Å². The van der Waals surface area contributed by atoms with Crippen molar-refractivity contribution < 1.29 is 4.39 Å². The molecule has 3 heterocycles. The highest BCUT2D eigenvalue weighted by atomic mass is 32.1. The van der Waals surface area contributed by atoms with Crippen LogP contribution in [0.15, 0.2) is 91.3 Å². The lowest BCUT2D eigenvalue weighted by atomic mass is 10.0. The quantitative estimate of drug-likeness (QED) is 0.435. The van der Waals surface area contributed by atoms with Gasteiger partial charge in [0.2, 0.25) is 0 Å². The zero-order valence-electron chi connectivity index (χ0n) is 16.9. The van der Waals surface area contributed by atoms with Crippen LogP contribution in [0.5, 0.6) is 0 Å². The first-order valence-electron chi connectivity index (χ1n) is 10.1. The number of nitrogens with zero attached hydrogens (tertiary/aromatic N) is 3. The lowest BCUT2D eigenvalue weighted by molar-refractivity contribution is 0.549. The number of pyridine rings is 1. The van der Waals surface area contributed by atoms with E-state index in [1.54, 1.807) is 19.2 Å². The largest absolute Gasteiger partial charge is 0.351 e. The van der Waals surface area contributed by atoms with Crippen LogP contribution in [0.2, 0.25) is 0 Å². The molecular weight excluding hydrogens is 407 g/mol. The second-order valence-corrected chi connectivity index (χ2v) is 7.96. The molecule has 0 radical (unpaired) electrons. The molecule has 1 N–H and O–H groups in total. The van der Waals surface area contributed by atoms with Crippen LogP contribution in [0.3, 0.4) is 0 Å². The maximum absolute atomic E-state index is 14.0. The number of para-hydroxylation sites is 1. The molecule has 4 nitrogen and oxygen atoms in total. The summed E-state index contributed by atoms with van der Waals surface area (Å²) in [7, 11) is 0. The molecule has 0 aliphatic carbocycles. The van der Waals surface area contributed by atoms with Gasteiger partial charge in [-0.05, 0) is 79.3 Å². The third-order valence-electron chi connectivity index (χ3n) is 5.64. The van der Waals surface area contributed by atoms with Gasteiger partial charge in [0.05, 0.1) is 11.7 Å². The predicted octanol–water partition coefficient (Wildman–Crippen LogP) is 5.50. The molecule has 1 fully saturated rings. The first kappa shape index (κ1) is 19.5. The number of hydrogen-bond donors (Lipinski definition) is 1. The molecule has 6 heteroatoms. The first-order chi connectivity index (χ1) is 15.1. The van der Waals surface area contributed by atoms with Crippen molar-refractivity contribution in [2.75, 3.05) is 4.90 Å². The van der Waals surface area contributed by atoms with Gasteiger partial charge >= 0.3 is 0 Å². The summed E-state index contributed by atoms with van der Waals surface area (Å²) in [5.74, 6) is -0.229. The van der Waals surface area contributed by atoms with Gasteiger partial charge < -0.3 is 14.8 Å². The Morgan fingerprint density at radius 3 is 2.48 bits per heavy atom. The summed E-state index contributed by atoms with van der Waals surface area (Å²) in [5.41, 5.74) is 4.46. The maximum atomic E-state index is 14.0. The first-order valence-corrected chi connectivity index (χ1v) is 10.5. The number of aromatic nitrogens is 2. The zero-order chi connectivity index (χ0) is 21.4. The highest BCUT2D eigenvalue weighted by Gasteiger charge is 2.42. The lowest BCUT2D eigenvalue weighted by Crippen LogP contribution is -2.30. The van der Waals surface area contributed by atoms with Gasteiger partial charge in [0.1, 0.15) is 11.9 Å². The van der Waals surface area contributed by atoms with Gasteiger partial charge in [-0.3, -0.25) is 4.98 Å². The highest BCUT2D eigenvalue weighted by Crippen LogP contribution is 2.42. The second kappa shape index (κ2) is 7.96. The second-order valence-electron chi connectivity index (χ2n) is 7.57. The molecule has 154 valence electrons. The van der Waals surface area contributed by atoms with Crippen molar-refractivity contribution in [3.8, 4) is 5.69 Å². The molecule has 31 heavy (non-hydrogen) atoms. The topological polar surface area (TPSA) is 33.1 Å². The minimum atomic E-state index is -0.229. The molecule has 4 aromatic rings. The number of rotatable bonds is 4. The summed E-state index contributed by atoms with van der Waals surface area (Å²) in [6.07, 6.45) is 3.84. The van der Waals surface area contributed by atoms with Gasteiger partial charge in [0.25, 0.3) is 0 Å². The number of thiocarbonyl (C=S) groups is 1. The van der Waals surface area contributed by atoms with Gasteiger partial charge in [-0.2, -0.15) is 0 Å². The summed E-state index contributed by atoms with van der Waals surface area (Å²) in [6.45, 7) is 1.77. The maximum Gasteiger partial charge on any atom is 0.174 e. The highest BCUT2D eigenvalue weighted by molar-refractivity contribution is 7.80. The Bertz CT molecular complexity index is 1220. The summed E-state index contributed by atoms with van der Waals surface area (Å²) in [4.78, 5) is 6.66. The Hall–Kier alpha value is -3.51. The van der Waals surface area contributed by atoms with E-state index in [-0.39, 0.29) is 17.9 Å². The summed E-state index contributed by atoms with van der Waals surface area (Å²) >= 11 is 5.77. The fourth-order valence-corrected chi connectivity index (χ4v) is 4.52. The number of hydrogen-bond acceptors (Lipinski definition) is 2. The van der Waals surface area contributed by atoms with Gasteiger partial charge in [-0.25, -0.2) is 4.39 Å². The average Bonchev–Trinajstić information content (AvgIpc) is 3.41. The molecule has 1 saturated heterocycles. The predicted molar refractivity (Wildman–Crippen MR) is 125 cm³/mol. The standard InChI is InChI=1S/C25H21FN4S/c1-17-16-19(12-13-20(17)26)30-24(23(28-25(30)31)21-10-5-6-14-27-21)22-11-7-15-29(22)18-8-3-2-4-9-18/h2-16,23-24H,1H3,(H,28,31)/t23-,24+/m0/s1. The Morgan fingerprint density at radius 1 is 0.935 bits per heavy atom. The molecule has 5 rings (SSSR count). The summed E-state index contributed by atoms with van der Waals surface area (Å²) < 4.78 is 16.2. The fraction of sp³-hybridized carbons (Fsp3) is 0.120. The SMILES string of the molecule is Cc1cc(N2C(=S)N[C@@H](c3ccccn3)[C@H]2c2cccn2-c2ccccc2)ccc1F. The van der Waals surface area contributed by atoms with Crippen molar-refractivity contribution in [2.45, 2.75) is 19.0 Å². The van der Waals surface area contributed by atoms with E-state index in [1.165, 1.54) is 6.07 Å². The van der Waals surface area contributed by atoms with Crippen LogP contribution in [0.1, 0.15) is 29.0 Å². The molecule has 1 aliphatic rings. The zero-order valence-corrected chi connectivity index (χ0v) is 17.8. The van der Waals surface area contributed by atoms with Crippen LogP contribution in [0.25, 0.3) is 5.69 Å². The molecule has 0 bridgehead atoms. The molecule has 2 aromatic heterocycles. The van der Waals surface area contributed by atoms with Crippen LogP contribution in [0, 0.1) is 12.7 Å². The van der Waals surface area contributed by atoms with Crippen molar-refractivity contribution in [3.05, 3.63) is 114 Å². The van der Waals surface area contributed by atoms with E-state index in [2.05, 4.69) is 44.2 Å². The van der Waals surface area contributed by atoms with Crippen LogP contribution < -0.4 is 10.2 Å². The average molecular weight is 429 g/mol. The number of benzene rings is 2. The molecule has 1 aliphatic heterocycles. The van der Waals surface area contributed by atoms with Gasteiger partial charge in [0.15, 0.2) is 5.11 Å². The molecule has 0 saturated carbocycles. The van der Waals surface area contributed by atoms with E-state index < -0.39 is 0 Å². The van der Waals surface area contributed by atoms with Crippen molar-refractivity contribution in [1.82, 2.24) is 14.9 Å². The fourth-order valence-electron chi connectivity index (χ4n) is 4.17. The molecule has 2 aromatic carbocycles. The summed E-state index contributed by atoms with van der Waals surface area (Å²) in [6, 6.07) is 25.0. The number of aryl methyl sites for hydroxylation is 1. The van der Waals surface area contributed by atoms with Crippen molar-refractivity contribution in [2.24, 2.45) is 0 Å². The molecule has 2 atom stereocenters. The van der Waals surface area contributed by atoms with Crippen molar-refractivity contribution in [1.29, 1.82) is 0 Å². The normalized spacial score (nSPS) is 18.3. The minimum Gasteiger partial charge on any atom is -0.351 e. The van der Waals surface area contributed by atoms with Crippen LogP contribution in [-0.2, 0) is 0 Å². The Balaban J connectivity index is 1.68. The van der Waals surface area contributed by atoms with Gasteiger partial charge in [-0.1, -0.05) is 24.3 Å². The van der Waals surface area contributed by atoms with E-state index in [1.807, 2.05) is 48.5 Å². The number of halogens is 1. The molecular formula is C25H21FN4S. The number of nitrogens with one attached hydrogen (secondary N) is 1. The number of anilines is 1. The van der Waals surface area contributed by atoms with E-state index in [0.717, 1.165) is 22.8 Å². The molecule has 0 amide bonds. The third kappa shape index (κ3) is 3.49. The van der Waals surface area contributed by atoms with E-state index >= 15 is 0 Å². The Labute approximate surface area is 186 Å². The van der Waals surface area contributed by atoms with E-state index in [9.17, 15) is 4.39 Å². The summed E-state index contributed by atoms with van der Waals surface area (Å²) in [5, 5.41) is 4.05. The minimum absolute atomic E-state index is 0.156. The van der Waals surface area contributed by atoms with E-state index in [4.69, 9.17) is 12.2 Å². The van der Waals surface area contributed by atoms with Gasteiger partial charge in [0, 0.05) is 29.5 Å². The monoisotopic (exact) mass is 428 g/mol. The molecule has 0 unspecified atom stereocenters. The Kier molecular flexibility index (Phi) is 5.00. The lowest BCUT2D eigenvalue weighted by Gasteiger charge is -2.29. The van der Waals surface area contributed by atoms with Crippen LogP contribution in [0.4, 0.5) is 10.1 Å². The Morgan fingerprint density at radius 2 is 1.74 bits per heavy atom.